The van der Waals surface area contributed by atoms with Gasteiger partial charge >= 0.3 is 6.03 Å². The lowest BCUT2D eigenvalue weighted by molar-refractivity contribution is -0.127. The quantitative estimate of drug-likeness (QED) is 0.253. The molecule has 0 spiro atoms. The van der Waals surface area contributed by atoms with Crippen LogP contribution < -0.4 is 27.4 Å². The van der Waals surface area contributed by atoms with Crippen molar-refractivity contribution in [2.24, 2.45) is 11.5 Å². The first kappa shape index (κ1) is 19.8. The first-order chi connectivity index (χ1) is 12.0. The molecule has 2 heterocycles. The van der Waals surface area contributed by atoms with E-state index >= 15 is 0 Å². The van der Waals surface area contributed by atoms with Gasteiger partial charge in [-0.25, -0.2) is 4.79 Å². The molecule has 0 aromatic carbocycles. The highest BCUT2D eigenvalue weighted by Gasteiger charge is 2.42. The molecular formula is C16H29N5O3S. The minimum absolute atomic E-state index is 0.0770. The zero-order valence-electron chi connectivity index (χ0n) is 14.5. The van der Waals surface area contributed by atoms with Gasteiger partial charge in [-0.15, -0.1) is 0 Å². The molecule has 8 nitrogen and oxygen atoms in total. The zero-order valence-corrected chi connectivity index (χ0v) is 15.3. The third-order valence-electron chi connectivity index (χ3n) is 4.71. The van der Waals surface area contributed by atoms with Crippen molar-refractivity contribution in [1.29, 1.82) is 0 Å². The second-order valence-electron chi connectivity index (χ2n) is 6.67. The van der Waals surface area contributed by atoms with Crippen LogP contribution in [0.3, 0.4) is 0 Å². The zero-order chi connectivity index (χ0) is 18.2. The molecule has 0 aromatic heterocycles. The summed E-state index contributed by atoms with van der Waals surface area (Å²) in [4.78, 5) is 34.7. The van der Waals surface area contributed by atoms with Crippen LogP contribution in [0.25, 0.3) is 0 Å². The number of carbonyl (C=O) groups is 3. The largest absolute Gasteiger partial charge is 0.368 e. The van der Waals surface area contributed by atoms with Crippen molar-refractivity contribution in [2.75, 3.05) is 12.3 Å². The fourth-order valence-electron chi connectivity index (χ4n) is 3.32. The highest BCUT2D eigenvalue weighted by molar-refractivity contribution is 8.00. The summed E-state index contributed by atoms with van der Waals surface area (Å²) in [6, 6.07) is -0.250. The number of hydrogen-bond acceptors (Lipinski definition) is 5. The Balaban J connectivity index is 1.61. The summed E-state index contributed by atoms with van der Waals surface area (Å²) in [7, 11) is 0. The van der Waals surface area contributed by atoms with Crippen LogP contribution in [-0.4, -0.2) is 53.5 Å². The Bertz CT molecular complexity index is 490. The van der Waals surface area contributed by atoms with Gasteiger partial charge in [0.1, 0.15) is 6.04 Å². The summed E-state index contributed by atoms with van der Waals surface area (Å²) in [6.45, 7) is 0.566. The summed E-state index contributed by atoms with van der Waals surface area (Å²) < 4.78 is 0. The third-order valence-corrected chi connectivity index (χ3v) is 6.21. The van der Waals surface area contributed by atoms with E-state index in [4.69, 9.17) is 11.5 Å². The van der Waals surface area contributed by atoms with E-state index in [0.717, 1.165) is 37.9 Å². The first-order valence-corrected chi connectivity index (χ1v) is 10.0. The maximum atomic E-state index is 12.0. The van der Waals surface area contributed by atoms with Crippen LogP contribution in [0.15, 0.2) is 0 Å². The van der Waals surface area contributed by atoms with E-state index in [9.17, 15) is 14.4 Å². The number of carbonyl (C=O) groups excluding carboxylic acids is 3. The van der Waals surface area contributed by atoms with Gasteiger partial charge in [0.25, 0.3) is 0 Å². The topological polar surface area (TPSA) is 139 Å². The summed E-state index contributed by atoms with van der Waals surface area (Å²) in [5.74, 6) is 0.310. The number of amides is 4. The molecular weight excluding hydrogens is 342 g/mol. The maximum Gasteiger partial charge on any atom is 0.315 e. The number of nitrogens with one attached hydrogen (secondary N) is 3. The molecule has 9 heteroatoms. The Morgan fingerprint density at radius 1 is 1.24 bits per heavy atom. The van der Waals surface area contributed by atoms with Gasteiger partial charge in [0, 0.05) is 17.4 Å². The molecule has 0 radical (unpaired) electrons. The Kier molecular flexibility index (Phi) is 7.83. The molecule has 2 aliphatic rings. The van der Waals surface area contributed by atoms with Crippen LogP contribution in [0.2, 0.25) is 0 Å². The Labute approximate surface area is 152 Å². The van der Waals surface area contributed by atoms with Gasteiger partial charge < -0.3 is 27.4 Å². The van der Waals surface area contributed by atoms with E-state index < -0.39 is 11.9 Å². The highest BCUT2D eigenvalue weighted by atomic mass is 32.2. The molecule has 25 heavy (non-hydrogen) atoms. The van der Waals surface area contributed by atoms with E-state index in [1.54, 1.807) is 0 Å². The number of fused-ring (bicyclic) bond motifs is 1. The van der Waals surface area contributed by atoms with E-state index in [1.807, 2.05) is 11.8 Å². The van der Waals surface area contributed by atoms with E-state index in [-0.39, 0.29) is 24.0 Å². The molecule has 2 aliphatic heterocycles. The lowest BCUT2D eigenvalue weighted by atomic mass is 10.0. The van der Waals surface area contributed by atoms with Crippen LogP contribution >= 0.6 is 11.8 Å². The number of urea groups is 1. The smallest absolute Gasteiger partial charge is 0.315 e. The predicted octanol–water partition coefficient (Wildman–Crippen LogP) is -0.189. The van der Waals surface area contributed by atoms with Crippen molar-refractivity contribution in [3.8, 4) is 0 Å². The summed E-state index contributed by atoms with van der Waals surface area (Å²) in [5, 5.41) is 9.01. The molecule has 0 unspecified atom stereocenters. The SMILES string of the molecule is NCCCC[C@H](NC(=O)CCCC[C@@H]1SC[C@@H]2NC(=O)N[C@@H]21)C(N)=O. The van der Waals surface area contributed by atoms with E-state index in [1.165, 1.54) is 0 Å². The normalized spacial score (nSPS) is 25.8. The van der Waals surface area contributed by atoms with E-state index in [2.05, 4.69) is 16.0 Å². The first-order valence-electron chi connectivity index (χ1n) is 8.98. The van der Waals surface area contributed by atoms with Crippen molar-refractivity contribution >= 4 is 29.6 Å². The number of thioether (sulfide) groups is 1. The van der Waals surface area contributed by atoms with Crippen molar-refractivity contribution < 1.29 is 14.4 Å². The van der Waals surface area contributed by atoms with Crippen molar-refractivity contribution in [3.63, 3.8) is 0 Å². The molecule has 0 aromatic rings. The molecule has 4 amide bonds. The lowest BCUT2D eigenvalue weighted by Gasteiger charge is -2.17. The molecule has 2 rings (SSSR count). The second kappa shape index (κ2) is 9.86. The summed E-state index contributed by atoms with van der Waals surface area (Å²) >= 11 is 1.87. The molecule has 0 aliphatic carbocycles. The number of rotatable bonds is 11. The Morgan fingerprint density at radius 3 is 2.76 bits per heavy atom. The van der Waals surface area contributed by atoms with E-state index in [0.29, 0.717) is 24.6 Å². The molecule has 2 saturated heterocycles. The number of nitrogens with two attached hydrogens (primary N) is 2. The van der Waals surface area contributed by atoms with Gasteiger partial charge in [-0.1, -0.05) is 6.42 Å². The second-order valence-corrected chi connectivity index (χ2v) is 7.95. The average molecular weight is 372 g/mol. The Hall–Kier alpha value is -1.48. The summed E-state index contributed by atoms with van der Waals surface area (Å²) in [6.07, 6.45) is 5.15. The van der Waals surface area contributed by atoms with Gasteiger partial charge in [-0.3, -0.25) is 9.59 Å². The number of hydrogen-bond donors (Lipinski definition) is 5. The average Bonchev–Trinajstić information content (AvgIpc) is 3.10. The van der Waals surface area contributed by atoms with Crippen LogP contribution in [0.5, 0.6) is 0 Å². The minimum Gasteiger partial charge on any atom is -0.368 e. The highest BCUT2D eigenvalue weighted by Crippen LogP contribution is 2.33. The van der Waals surface area contributed by atoms with Gasteiger partial charge in [0.15, 0.2) is 0 Å². The van der Waals surface area contributed by atoms with Crippen LogP contribution in [0.4, 0.5) is 4.79 Å². The molecule has 7 N–H and O–H groups in total. The molecule has 0 bridgehead atoms. The third kappa shape index (κ3) is 6.07. The standard InChI is InChI=1S/C16H29N5O3S/c17-8-4-3-5-10(15(18)23)19-13(22)7-2-1-6-12-14-11(9-25-12)20-16(24)21-14/h10-12,14H,1-9,17H2,(H2,18,23)(H,19,22)(H2,20,21,24)/t10-,11-,12-,14-/m0/s1. The lowest BCUT2D eigenvalue weighted by Crippen LogP contribution is -2.44. The molecule has 2 fully saturated rings. The van der Waals surface area contributed by atoms with Crippen LogP contribution in [-0.2, 0) is 9.59 Å². The fourth-order valence-corrected chi connectivity index (χ4v) is 4.86. The van der Waals surface area contributed by atoms with Gasteiger partial charge in [-0.05, 0) is 38.6 Å². The van der Waals surface area contributed by atoms with Crippen molar-refractivity contribution in [1.82, 2.24) is 16.0 Å². The molecule has 4 atom stereocenters. The van der Waals surface area contributed by atoms with Crippen molar-refractivity contribution in [3.05, 3.63) is 0 Å². The number of unbranched alkanes of at least 4 members (excludes halogenated alkanes) is 2. The molecule has 142 valence electrons. The minimum atomic E-state index is -0.607. The van der Waals surface area contributed by atoms with Gasteiger partial charge in [-0.2, -0.15) is 11.8 Å². The molecule has 0 saturated carbocycles. The summed E-state index contributed by atoms with van der Waals surface area (Å²) in [5.41, 5.74) is 10.8. The van der Waals surface area contributed by atoms with Crippen molar-refractivity contribution in [2.45, 2.75) is 68.3 Å². The Morgan fingerprint density at radius 2 is 2.04 bits per heavy atom. The fraction of sp³-hybridized carbons (Fsp3) is 0.812. The predicted molar refractivity (Wildman–Crippen MR) is 98.0 cm³/mol. The number of primary amides is 1. The van der Waals surface area contributed by atoms with Crippen LogP contribution in [0.1, 0.15) is 44.9 Å². The van der Waals surface area contributed by atoms with Gasteiger partial charge in [0.2, 0.25) is 11.8 Å². The van der Waals surface area contributed by atoms with Crippen LogP contribution in [0, 0.1) is 0 Å². The maximum absolute atomic E-state index is 12.0. The monoisotopic (exact) mass is 371 g/mol. The van der Waals surface area contributed by atoms with Gasteiger partial charge in [0.05, 0.1) is 12.1 Å².